The van der Waals surface area contributed by atoms with E-state index in [1.165, 1.54) is 0 Å². The summed E-state index contributed by atoms with van der Waals surface area (Å²) in [5, 5.41) is 0.719. The zero-order valence-corrected chi connectivity index (χ0v) is 12.5. The molecule has 110 valence electrons. The number of para-hydroxylation sites is 1. The maximum absolute atomic E-state index is 12.4. The van der Waals surface area contributed by atoms with E-state index in [0.29, 0.717) is 23.1 Å². The van der Waals surface area contributed by atoms with E-state index in [1.54, 1.807) is 6.07 Å². The number of aromatic nitrogens is 1. The molecule has 1 aromatic carbocycles. The van der Waals surface area contributed by atoms with Crippen LogP contribution in [0.5, 0.6) is 0 Å². The molecule has 2 rings (SSSR count). The molecule has 0 amide bonds. The van der Waals surface area contributed by atoms with Gasteiger partial charge in [-0.1, -0.05) is 30.7 Å². The lowest BCUT2D eigenvalue weighted by molar-refractivity contribution is 0.0550. The smallest absolute Gasteiger partial charge is 0.339 e. The van der Waals surface area contributed by atoms with Gasteiger partial charge >= 0.3 is 5.97 Å². The Labute approximate surface area is 123 Å². The van der Waals surface area contributed by atoms with E-state index in [0.717, 1.165) is 11.0 Å². The molecule has 0 aliphatic carbocycles. The molecule has 0 bridgehead atoms. The minimum Gasteiger partial charge on any atom is -0.458 e. The first-order valence-corrected chi connectivity index (χ1v) is 6.99. The number of carbonyl (C=O) groups excluding carboxylic acids is 1. The van der Waals surface area contributed by atoms with Crippen LogP contribution in [0.15, 0.2) is 40.7 Å². The fraction of sp³-hybridized carbons (Fsp3) is 0.294. The summed E-state index contributed by atoms with van der Waals surface area (Å²) in [5.41, 5.74) is 2.34. The molecule has 21 heavy (non-hydrogen) atoms. The fourth-order valence-electron chi connectivity index (χ4n) is 2.21. The van der Waals surface area contributed by atoms with Crippen LogP contribution in [0.4, 0.5) is 0 Å². The Morgan fingerprint density at radius 1 is 1.29 bits per heavy atom. The number of allylic oxidation sites excluding steroid dienone is 1. The summed E-state index contributed by atoms with van der Waals surface area (Å²) < 4.78 is 5.28. The topological polar surface area (TPSA) is 59.2 Å². The van der Waals surface area contributed by atoms with Crippen molar-refractivity contribution in [2.24, 2.45) is 0 Å². The minimum absolute atomic E-state index is 0.214. The predicted octanol–water partition coefficient (Wildman–Crippen LogP) is 3.21. The van der Waals surface area contributed by atoms with Crippen LogP contribution in [0, 0.1) is 0 Å². The third-order valence-corrected chi connectivity index (χ3v) is 3.28. The van der Waals surface area contributed by atoms with Gasteiger partial charge in [-0.2, -0.15) is 0 Å². The van der Waals surface area contributed by atoms with E-state index >= 15 is 0 Å². The summed E-state index contributed by atoms with van der Waals surface area (Å²) in [7, 11) is 0. The second kappa shape index (κ2) is 6.39. The largest absolute Gasteiger partial charge is 0.458 e. The van der Waals surface area contributed by atoms with Crippen LogP contribution in [0.2, 0.25) is 0 Å². The van der Waals surface area contributed by atoms with Gasteiger partial charge in [0.1, 0.15) is 6.61 Å². The number of aromatic amines is 1. The number of pyridine rings is 1. The fourth-order valence-corrected chi connectivity index (χ4v) is 2.21. The van der Waals surface area contributed by atoms with Crippen molar-refractivity contribution in [1.82, 2.24) is 4.98 Å². The Balaban J connectivity index is 2.52. The highest BCUT2D eigenvalue weighted by Gasteiger charge is 2.18. The maximum Gasteiger partial charge on any atom is 0.339 e. The van der Waals surface area contributed by atoms with Crippen molar-refractivity contribution in [2.45, 2.75) is 27.2 Å². The van der Waals surface area contributed by atoms with Gasteiger partial charge in [-0.05, 0) is 32.4 Å². The number of fused-ring (bicyclic) bond motifs is 1. The number of rotatable bonds is 4. The molecule has 0 aliphatic heterocycles. The zero-order chi connectivity index (χ0) is 15.4. The van der Waals surface area contributed by atoms with Gasteiger partial charge in [-0.25, -0.2) is 4.79 Å². The van der Waals surface area contributed by atoms with Gasteiger partial charge in [-0.3, -0.25) is 4.79 Å². The molecule has 0 spiro atoms. The second-order valence-corrected chi connectivity index (χ2v) is 5.09. The average molecular weight is 285 g/mol. The summed E-state index contributed by atoms with van der Waals surface area (Å²) in [6, 6.07) is 7.26. The molecular weight excluding hydrogens is 266 g/mol. The molecule has 1 N–H and O–H groups in total. The third kappa shape index (κ3) is 3.21. The molecule has 0 atom stereocenters. The number of esters is 1. The Morgan fingerprint density at radius 3 is 2.67 bits per heavy atom. The lowest BCUT2D eigenvalue weighted by Gasteiger charge is -2.10. The van der Waals surface area contributed by atoms with Crippen molar-refractivity contribution >= 4 is 16.9 Å². The minimum atomic E-state index is -0.452. The number of ether oxygens (including phenoxy) is 1. The van der Waals surface area contributed by atoms with Gasteiger partial charge in [0.15, 0.2) is 0 Å². The number of carbonyl (C=O) groups is 1. The first-order valence-electron chi connectivity index (χ1n) is 6.99. The summed E-state index contributed by atoms with van der Waals surface area (Å²) in [6.07, 6.45) is 2.31. The van der Waals surface area contributed by atoms with Crippen molar-refractivity contribution in [1.29, 1.82) is 0 Å². The number of nitrogens with one attached hydrogen (secondary N) is 1. The molecule has 2 aromatic rings. The summed E-state index contributed by atoms with van der Waals surface area (Å²) in [4.78, 5) is 27.3. The summed E-state index contributed by atoms with van der Waals surface area (Å²) >= 11 is 0. The molecule has 4 nitrogen and oxygen atoms in total. The van der Waals surface area contributed by atoms with Gasteiger partial charge in [0.05, 0.1) is 5.56 Å². The average Bonchev–Trinajstić information content (AvgIpc) is 2.45. The number of hydrogen-bond acceptors (Lipinski definition) is 3. The van der Waals surface area contributed by atoms with Gasteiger partial charge < -0.3 is 9.72 Å². The molecule has 0 saturated heterocycles. The number of hydrogen-bond donors (Lipinski definition) is 1. The number of benzene rings is 1. The SMILES string of the molecule is CCc1c(C(=O)OCC=C(C)C)c2ccccc2[nH]c1=O. The highest BCUT2D eigenvalue weighted by atomic mass is 16.5. The maximum atomic E-state index is 12.4. The monoisotopic (exact) mass is 285 g/mol. The molecule has 0 unspecified atom stereocenters. The molecular formula is C17H19NO3. The van der Waals surface area contributed by atoms with Crippen LogP contribution in [0.1, 0.15) is 36.7 Å². The van der Waals surface area contributed by atoms with Gasteiger partial charge in [-0.15, -0.1) is 0 Å². The summed E-state index contributed by atoms with van der Waals surface area (Å²) in [6.45, 7) is 5.94. The van der Waals surface area contributed by atoms with E-state index in [1.807, 2.05) is 45.0 Å². The van der Waals surface area contributed by atoms with E-state index in [4.69, 9.17) is 4.74 Å². The normalized spacial score (nSPS) is 10.4. The van der Waals surface area contributed by atoms with E-state index in [9.17, 15) is 9.59 Å². The Bertz CT molecular complexity index is 752. The van der Waals surface area contributed by atoms with E-state index < -0.39 is 5.97 Å². The first kappa shape index (κ1) is 15.0. The molecule has 0 radical (unpaired) electrons. The van der Waals surface area contributed by atoms with E-state index in [2.05, 4.69) is 4.98 Å². The molecule has 0 fully saturated rings. The highest BCUT2D eigenvalue weighted by Crippen LogP contribution is 2.19. The van der Waals surface area contributed by atoms with E-state index in [-0.39, 0.29) is 12.2 Å². The van der Waals surface area contributed by atoms with Crippen molar-refractivity contribution in [2.75, 3.05) is 6.61 Å². The lowest BCUT2D eigenvalue weighted by atomic mass is 10.0. The third-order valence-electron chi connectivity index (χ3n) is 3.28. The van der Waals surface area contributed by atoms with Crippen LogP contribution < -0.4 is 5.56 Å². The predicted molar refractivity (Wildman–Crippen MR) is 83.7 cm³/mol. The molecule has 1 heterocycles. The van der Waals surface area contributed by atoms with Crippen molar-refractivity contribution < 1.29 is 9.53 Å². The van der Waals surface area contributed by atoms with Crippen molar-refractivity contribution in [3.8, 4) is 0 Å². The number of H-pyrrole nitrogens is 1. The second-order valence-electron chi connectivity index (χ2n) is 5.09. The van der Waals surface area contributed by atoms with Gasteiger partial charge in [0, 0.05) is 16.5 Å². The van der Waals surface area contributed by atoms with Crippen LogP contribution in [0.25, 0.3) is 10.9 Å². The highest BCUT2D eigenvalue weighted by molar-refractivity contribution is 6.04. The molecule has 0 saturated carbocycles. The Kier molecular flexibility index (Phi) is 4.58. The first-order chi connectivity index (χ1) is 10.0. The van der Waals surface area contributed by atoms with Gasteiger partial charge in [0.25, 0.3) is 5.56 Å². The quantitative estimate of drug-likeness (QED) is 0.693. The van der Waals surface area contributed by atoms with Crippen LogP contribution in [-0.4, -0.2) is 17.6 Å². The van der Waals surface area contributed by atoms with Crippen molar-refractivity contribution in [3.63, 3.8) is 0 Å². The standard InChI is InChI=1S/C17H19NO3/c1-4-12-15(17(20)21-10-9-11(2)3)13-7-5-6-8-14(13)18-16(12)19/h5-9H,4,10H2,1-3H3,(H,18,19). The Hall–Kier alpha value is -2.36. The van der Waals surface area contributed by atoms with Crippen molar-refractivity contribution in [3.05, 3.63) is 57.4 Å². The molecule has 1 aromatic heterocycles. The molecule has 0 aliphatic rings. The van der Waals surface area contributed by atoms with Crippen LogP contribution in [0.3, 0.4) is 0 Å². The van der Waals surface area contributed by atoms with Gasteiger partial charge in [0.2, 0.25) is 0 Å². The Morgan fingerprint density at radius 2 is 2.00 bits per heavy atom. The summed E-state index contributed by atoms with van der Waals surface area (Å²) in [5.74, 6) is -0.452. The van der Waals surface area contributed by atoms with Crippen LogP contribution >= 0.6 is 0 Å². The molecule has 4 heteroatoms. The zero-order valence-electron chi connectivity index (χ0n) is 12.5. The lowest BCUT2D eigenvalue weighted by Crippen LogP contribution is -2.20. The van der Waals surface area contributed by atoms with Crippen LogP contribution in [-0.2, 0) is 11.2 Å².